The third-order valence-electron chi connectivity index (χ3n) is 3.43. The van der Waals surface area contributed by atoms with Crippen LogP contribution in [0.3, 0.4) is 0 Å². The lowest BCUT2D eigenvalue weighted by Crippen LogP contribution is -2.15. The van der Waals surface area contributed by atoms with Gasteiger partial charge in [-0.25, -0.2) is 4.68 Å². The van der Waals surface area contributed by atoms with E-state index >= 15 is 0 Å². The fourth-order valence-electron chi connectivity index (χ4n) is 2.13. The van der Waals surface area contributed by atoms with Gasteiger partial charge in [-0.3, -0.25) is 4.79 Å². The van der Waals surface area contributed by atoms with Crippen LogP contribution < -0.4 is 10.1 Å². The summed E-state index contributed by atoms with van der Waals surface area (Å²) in [5, 5.41) is 7.60. The maximum atomic E-state index is 12.3. The summed E-state index contributed by atoms with van der Waals surface area (Å²) in [6, 6.07) is 16.4. The van der Waals surface area contributed by atoms with Gasteiger partial charge < -0.3 is 10.1 Å². The Morgan fingerprint density at radius 3 is 2.79 bits per heavy atom. The third-order valence-corrected chi connectivity index (χ3v) is 3.66. The number of aryl methyl sites for hydroxylation is 1. The third kappa shape index (κ3) is 3.94. The quantitative estimate of drug-likeness (QED) is 0.759. The van der Waals surface area contributed by atoms with Gasteiger partial charge in [0.05, 0.1) is 0 Å². The summed E-state index contributed by atoms with van der Waals surface area (Å²) in [7, 11) is 0. The second-order valence-electron chi connectivity index (χ2n) is 5.24. The monoisotopic (exact) mass is 341 g/mol. The van der Waals surface area contributed by atoms with E-state index in [-0.39, 0.29) is 12.6 Å². The smallest absolute Gasteiger partial charge is 0.276 e. The molecule has 0 atom stereocenters. The summed E-state index contributed by atoms with van der Waals surface area (Å²) in [6.07, 6.45) is 1.70. The van der Waals surface area contributed by atoms with Crippen LogP contribution in [0.4, 0.5) is 5.69 Å². The molecule has 0 unspecified atom stereocenters. The average Bonchev–Trinajstić information content (AvgIpc) is 3.06. The lowest BCUT2D eigenvalue weighted by Gasteiger charge is -2.07. The Bertz CT molecular complexity index is 846. The molecule has 2 aromatic carbocycles. The predicted molar refractivity (Wildman–Crippen MR) is 93.4 cm³/mol. The highest BCUT2D eigenvalue weighted by molar-refractivity contribution is 6.31. The molecule has 122 valence electrons. The van der Waals surface area contributed by atoms with Crippen LogP contribution in [0.2, 0.25) is 5.02 Å². The maximum absolute atomic E-state index is 12.3. The number of benzene rings is 2. The van der Waals surface area contributed by atoms with Crippen LogP contribution in [0.5, 0.6) is 5.75 Å². The minimum atomic E-state index is -0.293. The molecule has 6 heteroatoms. The number of carbonyl (C=O) groups is 1. The van der Waals surface area contributed by atoms with Crippen molar-refractivity contribution in [2.75, 3.05) is 5.32 Å². The van der Waals surface area contributed by atoms with Gasteiger partial charge in [0.1, 0.15) is 5.75 Å². The van der Waals surface area contributed by atoms with Gasteiger partial charge in [0.2, 0.25) is 0 Å². The minimum absolute atomic E-state index is 0.230. The molecule has 3 aromatic rings. The van der Waals surface area contributed by atoms with Gasteiger partial charge in [-0.1, -0.05) is 35.9 Å². The molecule has 1 N–H and O–H groups in total. The van der Waals surface area contributed by atoms with Crippen molar-refractivity contribution < 1.29 is 9.53 Å². The van der Waals surface area contributed by atoms with Crippen LogP contribution in [0, 0.1) is 6.92 Å². The van der Waals surface area contributed by atoms with Crippen molar-refractivity contribution >= 4 is 23.2 Å². The molecule has 0 aliphatic carbocycles. The number of rotatable bonds is 5. The van der Waals surface area contributed by atoms with E-state index in [2.05, 4.69) is 10.4 Å². The Labute approximate surface area is 144 Å². The molecule has 1 heterocycles. The molecule has 0 saturated carbocycles. The molecule has 0 radical (unpaired) electrons. The summed E-state index contributed by atoms with van der Waals surface area (Å²) >= 11 is 5.96. The molecule has 0 spiro atoms. The molecule has 3 rings (SSSR count). The Kier molecular flexibility index (Phi) is 4.82. The SMILES string of the molecule is Cc1ccc(Cl)cc1NC(=O)c1ccn(COc2ccccc2)n1. The highest BCUT2D eigenvalue weighted by Crippen LogP contribution is 2.20. The second kappa shape index (κ2) is 7.19. The van der Waals surface area contributed by atoms with E-state index in [0.29, 0.717) is 16.4 Å². The fraction of sp³-hybridized carbons (Fsp3) is 0.111. The molecule has 1 amide bonds. The van der Waals surface area contributed by atoms with Crippen LogP contribution in [0.1, 0.15) is 16.1 Å². The summed E-state index contributed by atoms with van der Waals surface area (Å²) in [6.45, 7) is 2.13. The van der Waals surface area contributed by atoms with Gasteiger partial charge in [0.25, 0.3) is 5.91 Å². The lowest BCUT2D eigenvalue weighted by molar-refractivity contribution is 0.102. The largest absolute Gasteiger partial charge is 0.471 e. The molecule has 1 aromatic heterocycles. The molecule has 0 aliphatic heterocycles. The van der Waals surface area contributed by atoms with Crippen molar-refractivity contribution in [3.05, 3.63) is 77.1 Å². The average molecular weight is 342 g/mol. The van der Waals surface area contributed by atoms with Gasteiger partial charge in [0.15, 0.2) is 12.4 Å². The van der Waals surface area contributed by atoms with Crippen LogP contribution in [0.15, 0.2) is 60.8 Å². The number of hydrogen-bond donors (Lipinski definition) is 1. The first kappa shape index (κ1) is 16.1. The van der Waals surface area contributed by atoms with Gasteiger partial charge in [-0.15, -0.1) is 0 Å². The second-order valence-corrected chi connectivity index (χ2v) is 5.68. The molecule has 24 heavy (non-hydrogen) atoms. The summed E-state index contributed by atoms with van der Waals surface area (Å²) in [5.41, 5.74) is 1.91. The number of para-hydroxylation sites is 1. The number of nitrogens with one attached hydrogen (secondary N) is 1. The first-order valence-corrected chi connectivity index (χ1v) is 7.78. The number of halogens is 1. The van der Waals surface area contributed by atoms with E-state index in [1.165, 1.54) is 0 Å². The Morgan fingerprint density at radius 1 is 1.21 bits per heavy atom. The zero-order valence-electron chi connectivity index (χ0n) is 13.1. The van der Waals surface area contributed by atoms with E-state index in [1.54, 1.807) is 29.1 Å². The molecular formula is C18H16ClN3O2. The number of amides is 1. The van der Waals surface area contributed by atoms with E-state index in [1.807, 2.05) is 43.3 Å². The zero-order chi connectivity index (χ0) is 16.9. The predicted octanol–water partition coefficient (Wildman–Crippen LogP) is 4.13. The van der Waals surface area contributed by atoms with Crippen LogP contribution in [-0.2, 0) is 6.73 Å². The molecular weight excluding hydrogens is 326 g/mol. The van der Waals surface area contributed by atoms with Gasteiger partial charge in [-0.05, 0) is 42.8 Å². The summed E-state index contributed by atoms with van der Waals surface area (Å²) < 4.78 is 7.15. The van der Waals surface area contributed by atoms with E-state index in [9.17, 15) is 4.79 Å². The topological polar surface area (TPSA) is 56.2 Å². The van der Waals surface area contributed by atoms with Crippen LogP contribution in [-0.4, -0.2) is 15.7 Å². The number of anilines is 1. The number of ether oxygens (including phenoxy) is 1. The number of carbonyl (C=O) groups excluding carboxylic acids is 1. The first-order valence-electron chi connectivity index (χ1n) is 7.40. The number of hydrogen-bond acceptors (Lipinski definition) is 3. The molecule has 0 aliphatic rings. The van der Waals surface area contributed by atoms with Crippen molar-refractivity contribution in [2.24, 2.45) is 0 Å². The van der Waals surface area contributed by atoms with Gasteiger partial charge >= 0.3 is 0 Å². The normalized spacial score (nSPS) is 10.4. The van der Waals surface area contributed by atoms with Crippen molar-refractivity contribution in [1.82, 2.24) is 9.78 Å². The summed E-state index contributed by atoms with van der Waals surface area (Å²) in [4.78, 5) is 12.3. The van der Waals surface area contributed by atoms with Crippen LogP contribution in [0.25, 0.3) is 0 Å². The lowest BCUT2D eigenvalue weighted by atomic mass is 10.2. The zero-order valence-corrected chi connectivity index (χ0v) is 13.8. The van der Waals surface area contributed by atoms with Crippen molar-refractivity contribution in [3.8, 4) is 5.75 Å². The highest BCUT2D eigenvalue weighted by Gasteiger charge is 2.11. The molecule has 0 bridgehead atoms. The minimum Gasteiger partial charge on any atom is -0.471 e. The van der Waals surface area contributed by atoms with Crippen molar-refractivity contribution in [2.45, 2.75) is 13.7 Å². The van der Waals surface area contributed by atoms with E-state index in [0.717, 1.165) is 11.3 Å². The number of nitrogens with zero attached hydrogens (tertiary/aromatic N) is 2. The number of aromatic nitrogens is 2. The van der Waals surface area contributed by atoms with Crippen LogP contribution >= 0.6 is 11.6 Å². The van der Waals surface area contributed by atoms with Crippen molar-refractivity contribution in [1.29, 1.82) is 0 Å². The molecule has 0 fully saturated rings. The standard InChI is InChI=1S/C18H16ClN3O2/c1-13-7-8-14(19)11-17(13)20-18(23)16-9-10-22(21-16)12-24-15-5-3-2-4-6-15/h2-11H,12H2,1H3,(H,20,23). The van der Waals surface area contributed by atoms with Gasteiger partial charge in [-0.2, -0.15) is 5.10 Å². The summed E-state index contributed by atoms with van der Waals surface area (Å²) in [5.74, 6) is 0.451. The maximum Gasteiger partial charge on any atom is 0.276 e. The van der Waals surface area contributed by atoms with Crippen molar-refractivity contribution in [3.63, 3.8) is 0 Å². The Balaban J connectivity index is 1.64. The first-order chi connectivity index (χ1) is 11.6. The van der Waals surface area contributed by atoms with E-state index < -0.39 is 0 Å². The Morgan fingerprint density at radius 2 is 2.00 bits per heavy atom. The fourth-order valence-corrected chi connectivity index (χ4v) is 2.30. The highest BCUT2D eigenvalue weighted by atomic mass is 35.5. The Hall–Kier alpha value is -2.79. The van der Waals surface area contributed by atoms with Gasteiger partial charge in [0, 0.05) is 16.9 Å². The molecule has 5 nitrogen and oxygen atoms in total. The molecule has 0 saturated heterocycles. The van der Waals surface area contributed by atoms with E-state index in [4.69, 9.17) is 16.3 Å².